The first-order valence-electron chi connectivity index (χ1n) is 9.80. The van der Waals surface area contributed by atoms with Gasteiger partial charge in [-0.2, -0.15) is 0 Å². The number of thiophene rings is 1. The molecule has 3 aromatic carbocycles. The van der Waals surface area contributed by atoms with E-state index in [-0.39, 0.29) is 11.4 Å². The van der Waals surface area contributed by atoms with E-state index in [4.69, 9.17) is 14.7 Å². The summed E-state index contributed by atoms with van der Waals surface area (Å²) in [6, 6.07) is 21.1. The number of esters is 1. The van der Waals surface area contributed by atoms with Gasteiger partial charge in [0.2, 0.25) is 0 Å². The lowest BCUT2D eigenvalue weighted by Gasteiger charge is -2.19. The predicted molar refractivity (Wildman–Crippen MR) is 123 cm³/mol. The summed E-state index contributed by atoms with van der Waals surface area (Å²) >= 11 is 1.58. The molecule has 4 nitrogen and oxygen atoms in total. The fraction of sp³-hybridized carbons (Fsp3) is 0.160. The van der Waals surface area contributed by atoms with Gasteiger partial charge in [0.15, 0.2) is 0 Å². The minimum Gasteiger partial charge on any atom is -0.423 e. The molecular formula is C25H20N2O2S. The molecule has 0 atom stereocenters. The Morgan fingerprint density at radius 3 is 2.30 bits per heavy atom. The van der Waals surface area contributed by atoms with E-state index in [1.54, 1.807) is 17.4 Å². The van der Waals surface area contributed by atoms with E-state index in [0.717, 1.165) is 31.5 Å². The summed E-state index contributed by atoms with van der Waals surface area (Å²) in [5.74, 6) is 0.155. The second-order valence-corrected chi connectivity index (χ2v) is 9.37. The Balaban J connectivity index is 1.50. The zero-order valence-electron chi connectivity index (χ0n) is 17.0. The summed E-state index contributed by atoms with van der Waals surface area (Å²) in [6.07, 6.45) is 0. The molecule has 0 saturated heterocycles. The maximum absolute atomic E-state index is 12.8. The average Bonchev–Trinajstić information content (AvgIpc) is 3.08. The van der Waals surface area contributed by atoms with Gasteiger partial charge in [-0.3, -0.25) is 0 Å². The summed E-state index contributed by atoms with van der Waals surface area (Å²) in [7, 11) is 0. The van der Waals surface area contributed by atoms with Gasteiger partial charge in [-0.1, -0.05) is 45.0 Å². The smallest absolute Gasteiger partial charge is 0.343 e. The fourth-order valence-corrected chi connectivity index (χ4v) is 4.46. The minimum atomic E-state index is -0.381. The van der Waals surface area contributed by atoms with Crippen molar-refractivity contribution in [1.82, 2.24) is 9.97 Å². The first kappa shape index (κ1) is 18.7. The van der Waals surface area contributed by atoms with E-state index >= 15 is 0 Å². The predicted octanol–water partition coefficient (Wildman–Crippen LogP) is 6.51. The number of nitrogens with zero attached hydrogens (tertiary/aromatic N) is 2. The van der Waals surface area contributed by atoms with Crippen molar-refractivity contribution in [2.45, 2.75) is 26.2 Å². The average molecular weight is 413 g/mol. The Hall–Kier alpha value is -3.31. The summed E-state index contributed by atoms with van der Waals surface area (Å²) in [6.45, 7) is 6.46. The molecule has 2 heterocycles. The van der Waals surface area contributed by atoms with Crippen molar-refractivity contribution in [2.24, 2.45) is 0 Å². The van der Waals surface area contributed by atoms with Crippen LogP contribution < -0.4 is 4.74 Å². The Morgan fingerprint density at radius 1 is 0.900 bits per heavy atom. The molecule has 5 rings (SSSR count). The van der Waals surface area contributed by atoms with Crippen LogP contribution in [0.4, 0.5) is 0 Å². The quantitative estimate of drug-likeness (QED) is 0.245. The van der Waals surface area contributed by atoms with E-state index in [0.29, 0.717) is 11.3 Å². The van der Waals surface area contributed by atoms with Crippen molar-refractivity contribution in [1.29, 1.82) is 0 Å². The van der Waals surface area contributed by atoms with Gasteiger partial charge in [0.25, 0.3) is 0 Å². The number of rotatable bonds is 2. The molecule has 148 valence electrons. The minimum absolute atomic E-state index is 0.0544. The zero-order valence-corrected chi connectivity index (χ0v) is 17.8. The second kappa shape index (κ2) is 6.89. The Labute approximate surface area is 178 Å². The summed E-state index contributed by atoms with van der Waals surface area (Å²) < 4.78 is 6.65. The molecule has 0 amide bonds. The number of para-hydroxylation sites is 2. The van der Waals surface area contributed by atoms with E-state index in [9.17, 15) is 4.79 Å². The third-order valence-corrected chi connectivity index (χ3v) is 6.20. The Bertz CT molecular complexity index is 1410. The molecule has 0 spiro atoms. The summed E-state index contributed by atoms with van der Waals surface area (Å²) in [5.41, 5.74) is 4.28. The molecule has 0 saturated carbocycles. The van der Waals surface area contributed by atoms with Gasteiger partial charge in [0.1, 0.15) is 16.1 Å². The van der Waals surface area contributed by atoms with Gasteiger partial charge in [0.05, 0.1) is 16.6 Å². The molecule has 0 aliphatic rings. The molecule has 0 radical (unpaired) electrons. The molecular weight excluding hydrogens is 392 g/mol. The first-order valence-corrected chi connectivity index (χ1v) is 10.6. The molecule has 0 unspecified atom stereocenters. The van der Waals surface area contributed by atoms with Crippen molar-refractivity contribution in [3.63, 3.8) is 0 Å². The molecule has 0 N–H and O–H groups in total. The van der Waals surface area contributed by atoms with Crippen LogP contribution in [0, 0.1) is 0 Å². The van der Waals surface area contributed by atoms with Crippen LogP contribution in [0.2, 0.25) is 0 Å². The lowest BCUT2D eigenvalue weighted by atomic mass is 9.87. The zero-order chi connectivity index (χ0) is 20.9. The number of ether oxygens (including phenoxy) is 1. The molecule has 5 aromatic rings. The van der Waals surface area contributed by atoms with Crippen molar-refractivity contribution >= 4 is 48.8 Å². The highest BCUT2D eigenvalue weighted by Crippen LogP contribution is 2.33. The Morgan fingerprint density at radius 2 is 1.60 bits per heavy atom. The Kier molecular flexibility index (Phi) is 4.29. The largest absolute Gasteiger partial charge is 0.423 e. The highest BCUT2D eigenvalue weighted by molar-refractivity contribution is 7.25. The number of benzene rings is 3. The molecule has 2 aromatic heterocycles. The van der Waals surface area contributed by atoms with Crippen molar-refractivity contribution in [2.75, 3.05) is 0 Å². The lowest BCUT2D eigenvalue weighted by Crippen LogP contribution is -2.11. The number of carbonyl (C=O) groups excluding carboxylic acids is 1. The van der Waals surface area contributed by atoms with Crippen LogP contribution in [0.25, 0.3) is 31.5 Å². The van der Waals surface area contributed by atoms with Crippen LogP contribution in [0.5, 0.6) is 5.75 Å². The normalized spacial score (nSPS) is 12.0. The van der Waals surface area contributed by atoms with Crippen molar-refractivity contribution in [3.05, 3.63) is 77.9 Å². The lowest BCUT2D eigenvalue weighted by molar-refractivity contribution is 0.0735. The van der Waals surface area contributed by atoms with E-state index < -0.39 is 0 Å². The van der Waals surface area contributed by atoms with Crippen LogP contribution in [-0.2, 0) is 5.41 Å². The molecule has 0 aliphatic carbocycles. The van der Waals surface area contributed by atoms with Crippen LogP contribution >= 0.6 is 11.3 Å². The highest BCUT2D eigenvalue weighted by Gasteiger charge is 2.16. The molecule has 0 aliphatic heterocycles. The molecule has 0 fully saturated rings. The van der Waals surface area contributed by atoms with Crippen molar-refractivity contribution in [3.8, 4) is 5.75 Å². The molecule has 0 bridgehead atoms. The highest BCUT2D eigenvalue weighted by atomic mass is 32.1. The van der Waals surface area contributed by atoms with E-state index in [1.165, 1.54) is 5.56 Å². The van der Waals surface area contributed by atoms with E-state index in [1.807, 2.05) is 60.7 Å². The van der Waals surface area contributed by atoms with Gasteiger partial charge >= 0.3 is 5.97 Å². The maximum Gasteiger partial charge on any atom is 0.343 e. The summed E-state index contributed by atoms with van der Waals surface area (Å²) in [4.78, 5) is 23.1. The number of hydrogen-bond donors (Lipinski definition) is 0. The first-order chi connectivity index (χ1) is 14.4. The van der Waals surface area contributed by atoms with Gasteiger partial charge < -0.3 is 4.74 Å². The third-order valence-electron chi connectivity index (χ3n) is 5.15. The van der Waals surface area contributed by atoms with Crippen LogP contribution in [0.3, 0.4) is 0 Å². The summed E-state index contributed by atoms with van der Waals surface area (Å²) in [5, 5.41) is 0.922. The van der Waals surface area contributed by atoms with Gasteiger partial charge in [-0.25, -0.2) is 14.8 Å². The van der Waals surface area contributed by atoms with E-state index in [2.05, 4.69) is 20.8 Å². The van der Waals surface area contributed by atoms with Gasteiger partial charge in [0, 0.05) is 10.1 Å². The van der Waals surface area contributed by atoms with Crippen molar-refractivity contribution < 1.29 is 9.53 Å². The maximum atomic E-state index is 12.8. The molecule has 5 heteroatoms. The van der Waals surface area contributed by atoms with Crippen LogP contribution in [0.15, 0.2) is 66.7 Å². The monoisotopic (exact) mass is 412 g/mol. The number of hydrogen-bond acceptors (Lipinski definition) is 5. The number of carbonyl (C=O) groups is 1. The van der Waals surface area contributed by atoms with Crippen LogP contribution in [0.1, 0.15) is 36.7 Å². The van der Waals surface area contributed by atoms with Gasteiger partial charge in [-0.05, 0) is 53.4 Å². The third kappa shape index (κ3) is 3.31. The SMILES string of the molecule is CC(C)(C)c1ccc(OC(=O)c2ccc3sc4nc5ccccc5nc4c3c2)cc1. The number of aromatic nitrogens is 2. The molecule has 30 heavy (non-hydrogen) atoms. The topological polar surface area (TPSA) is 52.1 Å². The second-order valence-electron chi connectivity index (χ2n) is 8.34. The van der Waals surface area contributed by atoms with Gasteiger partial charge in [-0.15, -0.1) is 11.3 Å². The fourth-order valence-electron chi connectivity index (χ4n) is 3.45. The standard InChI is InChI=1S/C25H20N2O2S/c1-25(2,3)16-9-11-17(12-10-16)29-24(28)15-8-13-21-18(14-15)22-23(30-21)27-20-7-5-4-6-19(20)26-22/h4-14H,1-3H3. The number of fused-ring (bicyclic) bond motifs is 4. The van der Waals surface area contributed by atoms with Crippen LogP contribution in [-0.4, -0.2) is 15.9 Å².